The van der Waals surface area contributed by atoms with Gasteiger partial charge in [0.2, 0.25) is 6.41 Å². The van der Waals surface area contributed by atoms with Crippen LogP contribution in [0.25, 0.3) is 120 Å². The number of carbonyl (C=O) groups excluding carboxylic acids is 1. The van der Waals surface area contributed by atoms with E-state index in [0.717, 1.165) is 67.2 Å². The van der Waals surface area contributed by atoms with Crippen LogP contribution in [0, 0.1) is 6.92 Å². The minimum atomic E-state index is 0.897. The quantitative estimate of drug-likeness (QED) is 0.130. The van der Waals surface area contributed by atoms with Crippen LogP contribution in [0.4, 0.5) is 0 Å². The molecule has 0 saturated carbocycles. The summed E-state index contributed by atoms with van der Waals surface area (Å²) in [5, 5.41) is 17.2. The number of aromatic nitrogens is 1. The van der Waals surface area contributed by atoms with E-state index in [1.54, 1.807) is 0 Å². The predicted octanol–water partition coefficient (Wildman–Crippen LogP) is 15.1. The fourth-order valence-corrected chi connectivity index (χ4v) is 9.89. The second kappa shape index (κ2) is 12.5. The fraction of sp³-hybridized carbons (Fsp3) is 0.0179. The van der Waals surface area contributed by atoms with Crippen molar-refractivity contribution in [3.05, 3.63) is 194 Å². The molecule has 11 aromatic carbocycles. The Bertz CT molecular complexity index is 3650. The molecular weight excluding hydrogens is 703 g/mol. The van der Waals surface area contributed by atoms with Crippen molar-refractivity contribution in [1.82, 2.24) is 4.57 Å². The monoisotopic (exact) mass is 737 g/mol. The number of fused-ring (bicyclic) bond motifs is 15. The number of nitrogens with zero attached hydrogens (tertiary/aromatic N) is 1. The minimum absolute atomic E-state index is 0.897. The summed E-state index contributed by atoms with van der Waals surface area (Å²) in [6, 6.07) is 68.3. The highest BCUT2D eigenvalue weighted by molar-refractivity contribution is 6.27. The molecule has 58 heavy (non-hydrogen) atoms. The average molecular weight is 738 g/mol. The lowest BCUT2D eigenvalue weighted by molar-refractivity contribution is 0.550. The van der Waals surface area contributed by atoms with Gasteiger partial charge in [0.15, 0.2) is 0 Å². The number of rotatable bonds is 4. The van der Waals surface area contributed by atoms with E-state index >= 15 is 0 Å². The van der Waals surface area contributed by atoms with Crippen molar-refractivity contribution in [1.29, 1.82) is 0 Å². The van der Waals surface area contributed by atoms with E-state index in [4.69, 9.17) is 0 Å². The first-order valence-corrected chi connectivity index (χ1v) is 19.9. The van der Waals surface area contributed by atoms with E-state index in [0.29, 0.717) is 0 Å². The summed E-state index contributed by atoms with van der Waals surface area (Å²) in [4.78, 5) is 13.2. The maximum absolute atomic E-state index is 13.2. The van der Waals surface area contributed by atoms with Gasteiger partial charge in [-0.2, -0.15) is 0 Å². The van der Waals surface area contributed by atoms with E-state index in [1.807, 2.05) is 4.57 Å². The standard InChI is InChI=1S/C56H35NO/c1-34-12-2-3-13-39(34)53-31-38(37-23-26-49-45-19-7-5-15-41(45)43-17-9-11-21-47(43)51(49)29-37)32-54-52-30-36(24-27-55(52)57(33-58)56(53)54)35-22-25-48-44-18-6-4-14-40(44)42-16-8-10-20-46(42)50(48)28-35/h2-33H,1H3. The molecule has 0 saturated heterocycles. The van der Waals surface area contributed by atoms with Gasteiger partial charge in [-0.15, -0.1) is 0 Å². The van der Waals surface area contributed by atoms with Gasteiger partial charge in [0.05, 0.1) is 11.0 Å². The van der Waals surface area contributed by atoms with Gasteiger partial charge in [-0.05, 0) is 141 Å². The molecule has 2 heteroatoms. The smallest absolute Gasteiger partial charge is 0.218 e. The predicted molar refractivity (Wildman–Crippen MR) is 248 cm³/mol. The van der Waals surface area contributed by atoms with E-state index in [1.165, 1.54) is 64.6 Å². The number of aryl methyl sites for hydroxylation is 1. The minimum Gasteiger partial charge on any atom is -0.282 e. The third-order valence-electron chi connectivity index (χ3n) is 12.6. The van der Waals surface area contributed by atoms with E-state index in [9.17, 15) is 4.79 Å². The molecule has 0 amide bonds. The normalized spacial score (nSPS) is 11.9. The van der Waals surface area contributed by atoms with Crippen molar-refractivity contribution in [2.45, 2.75) is 6.92 Å². The highest BCUT2D eigenvalue weighted by Crippen LogP contribution is 2.44. The van der Waals surface area contributed by atoms with Gasteiger partial charge in [0.25, 0.3) is 0 Å². The topological polar surface area (TPSA) is 22.0 Å². The molecule has 0 atom stereocenters. The first-order chi connectivity index (χ1) is 28.6. The number of hydrogen-bond donors (Lipinski definition) is 0. The maximum Gasteiger partial charge on any atom is 0.218 e. The van der Waals surface area contributed by atoms with Crippen molar-refractivity contribution in [2.24, 2.45) is 0 Å². The largest absolute Gasteiger partial charge is 0.282 e. The summed E-state index contributed by atoms with van der Waals surface area (Å²) in [5.74, 6) is 0. The number of hydrogen-bond acceptors (Lipinski definition) is 1. The summed E-state index contributed by atoms with van der Waals surface area (Å²) >= 11 is 0. The Labute approximate surface area is 334 Å². The van der Waals surface area contributed by atoms with Gasteiger partial charge >= 0.3 is 0 Å². The summed E-state index contributed by atoms with van der Waals surface area (Å²) in [7, 11) is 0. The van der Waals surface area contributed by atoms with E-state index < -0.39 is 0 Å². The molecule has 1 heterocycles. The first kappa shape index (κ1) is 32.7. The molecule has 0 aliphatic rings. The Hall–Kier alpha value is -7.55. The summed E-state index contributed by atoms with van der Waals surface area (Å²) in [6.07, 6.45) is 0.979. The second-order valence-electron chi connectivity index (χ2n) is 15.6. The molecule has 270 valence electrons. The molecule has 0 spiro atoms. The number of carbonyl (C=O) groups is 1. The average Bonchev–Trinajstić information content (AvgIpc) is 3.61. The Morgan fingerprint density at radius 2 is 0.707 bits per heavy atom. The molecule has 0 aliphatic heterocycles. The van der Waals surface area contributed by atoms with Crippen LogP contribution in [-0.4, -0.2) is 11.0 Å². The van der Waals surface area contributed by atoms with E-state index in [-0.39, 0.29) is 0 Å². The highest BCUT2D eigenvalue weighted by Gasteiger charge is 2.20. The van der Waals surface area contributed by atoms with Crippen LogP contribution in [0.3, 0.4) is 0 Å². The Kier molecular flexibility index (Phi) is 7.03. The third kappa shape index (κ3) is 4.69. The molecule has 2 nitrogen and oxygen atoms in total. The number of benzene rings is 11. The maximum atomic E-state index is 13.2. The van der Waals surface area contributed by atoms with E-state index in [2.05, 4.69) is 195 Å². The van der Waals surface area contributed by atoms with Crippen molar-refractivity contribution in [3.63, 3.8) is 0 Å². The van der Waals surface area contributed by atoms with Crippen molar-refractivity contribution < 1.29 is 4.79 Å². The summed E-state index contributed by atoms with van der Waals surface area (Å²) < 4.78 is 1.85. The van der Waals surface area contributed by atoms with Crippen LogP contribution in [0.5, 0.6) is 0 Å². The molecule has 1 aromatic heterocycles. The lowest BCUT2D eigenvalue weighted by Crippen LogP contribution is -1.97. The zero-order chi connectivity index (χ0) is 38.5. The first-order valence-electron chi connectivity index (χ1n) is 19.9. The second-order valence-corrected chi connectivity index (χ2v) is 15.6. The van der Waals surface area contributed by atoms with Crippen LogP contribution in [0.15, 0.2) is 188 Å². The molecule has 0 bridgehead atoms. The van der Waals surface area contributed by atoms with Crippen LogP contribution >= 0.6 is 0 Å². The lowest BCUT2D eigenvalue weighted by Gasteiger charge is -2.14. The Morgan fingerprint density at radius 1 is 0.328 bits per heavy atom. The van der Waals surface area contributed by atoms with Crippen molar-refractivity contribution >= 4 is 92.9 Å². The van der Waals surface area contributed by atoms with Gasteiger partial charge < -0.3 is 0 Å². The lowest BCUT2D eigenvalue weighted by atomic mass is 9.90. The van der Waals surface area contributed by atoms with Crippen LogP contribution in [0.1, 0.15) is 5.56 Å². The zero-order valence-corrected chi connectivity index (χ0v) is 31.8. The third-order valence-corrected chi connectivity index (χ3v) is 12.6. The summed E-state index contributed by atoms with van der Waals surface area (Å²) in [6.45, 7) is 2.15. The van der Waals surface area contributed by atoms with Crippen LogP contribution < -0.4 is 0 Å². The van der Waals surface area contributed by atoms with Gasteiger partial charge in [-0.1, -0.05) is 152 Å². The highest BCUT2D eigenvalue weighted by atomic mass is 16.1. The molecular formula is C56H35NO. The van der Waals surface area contributed by atoms with Gasteiger partial charge in [-0.25, -0.2) is 0 Å². The van der Waals surface area contributed by atoms with Crippen LogP contribution in [0.2, 0.25) is 0 Å². The molecule has 0 unspecified atom stereocenters. The van der Waals surface area contributed by atoms with Crippen molar-refractivity contribution in [2.75, 3.05) is 0 Å². The van der Waals surface area contributed by atoms with Gasteiger partial charge in [0, 0.05) is 16.3 Å². The molecule has 0 radical (unpaired) electrons. The van der Waals surface area contributed by atoms with Crippen molar-refractivity contribution in [3.8, 4) is 33.4 Å². The Balaban J connectivity index is 1.13. The van der Waals surface area contributed by atoms with Crippen LogP contribution in [-0.2, 0) is 4.79 Å². The fourth-order valence-electron chi connectivity index (χ4n) is 9.89. The zero-order valence-electron chi connectivity index (χ0n) is 31.8. The molecule has 12 rings (SSSR count). The molecule has 0 fully saturated rings. The van der Waals surface area contributed by atoms with Gasteiger partial charge in [0.1, 0.15) is 0 Å². The Morgan fingerprint density at radius 3 is 1.19 bits per heavy atom. The SMILES string of the molecule is Cc1ccccc1-c1cc(-c2ccc3c4ccccc4c4ccccc4c3c2)cc2c3cc(-c4ccc5c6ccccc6c6ccccc6c5c4)ccc3n(C=O)c12. The molecule has 12 aromatic rings. The molecule has 0 aliphatic carbocycles. The van der Waals surface area contributed by atoms with Gasteiger partial charge in [-0.3, -0.25) is 9.36 Å². The summed E-state index contributed by atoms with van der Waals surface area (Å²) in [5.41, 5.74) is 9.66. The molecule has 0 N–H and O–H groups in total.